The number of anilines is 2. The highest BCUT2D eigenvalue weighted by Crippen LogP contribution is 2.29. The van der Waals surface area contributed by atoms with Gasteiger partial charge < -0.3 is 10.6 Å². The molecule has 0 bridgehead atoms. The fourth-order valence-electron chi connectivity index (χ4n) is 3.41. The number of amides is 2. The van der Waals surface area contributed by atoms with Gasteiger partial charge in [-0.2, -0.15) is 5.10 Å². The molecule has 8 nitrogen and oxygen atoms in total. The van der Waals surface area contributed by atoms with Gasteiger partial charge in [-0.1, -0.05) is 13.8 Å². The lowest BCUT2D eigenvalue weighted by atomic mass is 9.91. The van der Waals surface area contributed by atoms with Crippen LogP contribution in [0.1, 0.15) is 53.1 Å². The first-order valence-corrected chi connectivity index (χ1v) is 11.6. The highest BCUT2D eigenvalue weighted by Gasteiger charge is 2.15. The highest BCUT2D eigenvalue weighted by atomic mass is 35.5. The molecular weight excluding hydrogens is 452 g/mol. The lowest BCUT2D eigenvalue weighted by molar-refractivity contribution is -0.113. The number of hydrogen-bond donors (Lipinski definition) is 2. The maximum Gasteiger partial charge on any atom is 0.257 e. The van der Waals surface area contributed by atoms with E-state index < -0.39 is 0 Å². The summed E-state index contributed by atoms with van der Waals surface area (Å²) >= 11 is 5.55. The molecule has 0 aromatic carbocycles. The predicted molar refractivity (Wildman–Crippen MR) is 136 cm³/mol. The molecule has 0 radical (unpaired) electrons. The molecule has 2 N–H and O–H groups in total. The number of aromatic nitrogens is 4. The van der Waals surface area contributed by atoms with Gasteiger partial charge in [0.15, 0.2) is 0 Å². The van der Waals surface area contributed by atoms with Gasteiger partial charge in [-0.15, -0.1) is 11.6 Å². The van der Waals surface area contributed by atoms with Crippen molar-refractivity contribution < 1.29 is 9.59 Å². The molecule has 3 aromatic heterocycles. The van der Waals surface area contributed by atoms with Crippen LogP contribution in [0.5, 0.6) is 0 Å². The maximum absolute atomic E-state index is 13.0. The third kappa shape index (κ3) is 6.08. The normalized spacial score (nSPS) is 12.4. The molecule has 34 heavy (non-hydrogen) atoms. The van der Waals surface area contributed by atoms with E-state index in [1.807, 2.05) is 32.4 Å². The molecule has 1 unspecified atom stereocenters. The Morgan fingerprint density at radius 1 is 1.09 bits per heavy atom. The number of allylic oxidation sites excluding steroid dienone is 1. The molecule has 2 amide bonds. The lowest BCUT2D eigenvalue weighted by Gasteiger charge is -2.14. The second-order valence-electron chi connectivity index (χ2n) is 8.20. The minimum atomic E-state index is -0.352. The zero-order chi connectivity index (χ0) is 24.8. The van der Waals surface area contributed by atoms with Crippen LogP contribution < -0.4 is 10.6 Å². The van der Waals surface area contributed by atoms with E-state index >= 15 is 0 Å². The number of carbonyl (C=O) groups excluding carboxylic acids is 2. The summed E-state index contributed by atoms with van der Waals surface area (Å²) in [6, 6.07) is 3.48. The van der Waals surface area contributed by atoms with Crippen molar-refractivity contribution in [3.8, 4) is 0 Å². The second-order valence-corrected chi connectivity index (χ2v) is 8.47. The molecule has 0 fully saturated rings. The number of nitrogens with one attached hydrogen (secondary N) is 2. The van der Waals surface area contributed by atoms with E-state index in [4.69, 9.17) is 11.6 Å². The van der Waals surface area contributed by atoms with Crippen LogP contribution in [0.25, 0.3) is 11.6 Å². The summed E-state index contributed by atoms with van der Waals surface area (Å²) in [5.74, 6) is -0.534. The first-order valence-electron chi connectivity index (χ1n) is 11.0. The Kier molecular flexibility index (Phi) is 8.17. The van der Waals surface area contributed by atoms with Crippen LogP contribution in [-0.2, 0) is 11.8 Å². The average molecular weight is 481 g/mol. The number of alkyl halides is 1. The molecule has 0 saturated heterocycles. The molecule has 0 aliphatic rings. The summed E-state index contributed by atoms with van der Waals surface area (Å²) in [4.78, 5) is 33.3. The first-order chi connectivity index (χ1) is 16.2. The van der Waals surface area contributed by atoms with Crippen LogP contribution in [0.2, 0.25) is 0 Å². The van der Waals surface area contributed by atoms with Crippen LogP contribution in [0.3, 0.4) is 0 Å². The van der Waals surface area contributed by atoms with Gasteiger partial charge in [0.2, 0.25) is 5.91 Å². The largest absolute Gasteiger partial charge is 0.324 e. The minimum Gasteiger partial charge on any atom is -0.324 e. The standard InChI is InChI=1S/C25H29ClN6O2/c1-6-15(2)22(20-12-29-32(5)14-20)8-18-7-19(11-27-16(18)3)25(34)31-23-9-21(13-28-17(23)4)30-24(33)10-26/h7-9,11-15H,6,10H2,1-5H3,(H,30,33)(H,31,34)/b22-8+. The molecule has 3 heterocycles. The number of pyridine rings is 2. The summed E-state index contributed by atoms with van der Waals surface area (Å²) in [5, 5.41) is 9.81. The topological polar surface area (TPSA) is 102 Å². The van der Waals surface area contributed by atoms with Crippen LogP contribution in [0, 0.1) is 19.8 Å². The van der Waals surface area contributed by atoms with E-state index in [0.717, 1.165) is 28.8 Å². The van der Waals surface area contributed by atoms with Crippen molar-refractivity contribution in [3.63, 3.8) is 0 Å². The average Bonchev–Trinajstić information content (AvgIpc) is 3.25. The number of carbonyl (C=O) groups is 2. The minimum absolute atomic E-state index is 0.168. The summed E-state index contributed by atoms with van der Waals surface area (Å²) in [6.07, 6.45) is 9.96. The van der Waals surface area contributed by atoms with Crippen molar-refractivity contribution in [1.82, 2.24) is 19.7 Å². The first kappa shape index (κ1) is 25.1. The van der Waals surface area contributed by atoms with Crippen LogP contribution in [0.4, 0.5) is 11.4 Å². The second kappa shape index (κ2) is 11.1. The van der Waals surface area contributed by atoms with Gasteiger partial charge in [0.25, 0.3) is 5.91 Å². The summed E-state index contributed by atoms with van der Waals surface area (Å²) in [6.45, 7) is 8.01. The van der Waals surface area contributed by atoms with Crippen LogP contribution >= 0.6 is 11.6 Å². The van der Waals surface area contributed by atoms with Crippen molar-refractivity contribution in [2.24, 2.45) is 13.0 Å². The van der Waals surface area contributed by atoms with Crippen molar-refractivity contribution in [3.05, 3.63) is 65.0 Å². The summed E-state index contributed by atoms with van der Waals surface area (Å²) in [7, 11) is 1.89. The SMILES string of the molecule is CCC(C)/C(=C\c1cc(C(=O)Nc2cc(NC(=O)CCl)cnc2C)cnc1C)c1cnn(C)c1. The van der Waals surface area contributed by atoms with Gasteiger partial charge in [0.05, 0.1) is 35.0 Å². The molecule has 178 valence electrons. The number of nitrogens with zero attached hydrogens (tertiary/aromatic N) is 4. The molecule has 3 aromatic rings. The van der Waals surface area contributed by atoms with Crippen molar-refractivity contribution in [2.45, 2.75) is 34.1 Å². The van der Waals surface area contributed by atoms with Crippen LogP contribution in [-0.4, -0.2) is 37.4 Å². The van der Waals surface area contributed by atoms with Crippen molar-refractivity contribution in [2.75, 3.05) is 16.5 Å². The van der Waals surface area contributed by atoms with E-state index in [-0.39, 0.29) is 17.7 Å². The maximum atomic E-state index is 13.0. The number of hydrogen-bond acceptors (Lipinski definition) is 5. The Balaban J connectivity index is 1.91. The highest BCUT2D eigenvalue weighted by molar-refractivity contribution is 6.29. The van der Waals surface area contributed by atoms with E-state index in [9.17, 15) is 9.59 Å². The van der Waals surface area contributed by atoms with E-state index in [1.165, 1.54) is 6.20 Å². The molecule has 1 atom stereocenters. The zero-order valence-electron chi connectivity index (χ0n) is 20.0. The number of halogens is 1. The smallest absolute Gasteiger partial charge is 0.257 e. The third-order valence-corrected chi connectivity index (χ3v) is 5.86. The van der Waals surface area contributed by atoms with Gasteiger partial charge in [-0.25, -0.2) is 0 Å². The molecular formula is C25H29ClN6O2. The van der Waals surface area contributed by atoms with Crippen molar-refractivity contribution >= 4 is 46.4 Å². The summed E-state index contributed by atoms with van der Waals surface area (Å²) < 4.78 is 1.78. The molecule has 0 aliphatic carbocycles. The number of aryl methyl sites for hydroxylation is 3. The monoisotopic (exact) mass is 480 g/mol. The Labute approximate surface area is 204 Å². The fraction of sp³-hybridized carbons (Fsp3) is 0.320. The number of rotatable bonds is 8. The van der Waals surface area contributed by atoms with Crippen molar-refractivity contribution in [1.29, 1.82) is 0 Å². The molecule has 0 spiro atoms. The lowest BCUT2D eigenvalue weighted by Crippen LogP contribution is -2.16. The van der Waals surface area contributed by atoms with E-state index in [1.54, 1.807) is 23.9 Å². The van der Waals surface area contributed by atoms with Gasteiger partial charge in [0, 0.05) is 30.7 Å². The Morgan fingerprint density at radius 2 is 1.82 bits per heavy atom. The summed E-state index contributed by atoms with van der Waals surface area (Å²) in [5.41, 5.74) is 5.85. The Hall–Kier alpha value is -3.52. The van der Waals surface area contributed by atoms with Gasteiger partial charge in [-0.05, 0) is 55.5 Å². The molecule has 9 heteroatoms. The third-order valence-electron chi connectivity index (χ3n) is 5.62. The Morgan fingerprint density at radius 3 is 2.47 bits per heavy atom. The molecule has 0 saturated carbocycles. The zero-order valence-corrected chi connectivity index (χ0v) is 20.8. The molecule has 0 aliphatic heterocycles. The van der Waals surface area contributed by atoms with Crippen LogP contribution in [0.15, 0.2) is 36.9 Å². The quantitative estimate of drug-likeness (QED) is 0.449. The van der Waals surface area contributed by atoms with E-state index in [2.05, 4.69) is 45.6 Å². The Bertz CT molecular complexity index is 1230. The molecule has 3 rings (SSSR count). The van der Waals surface area contributed by atoms with Gasteiger partial charge in [-0.3, -0.25) is 24.2 Å². The van der Waals surface area contributed by atoms with E-state index in [0.29, 0.717) is 28.6 Å². The fourth-order valence-corrected chi connectivity index (χ4v) is 3.47. The predicted octanol–water partition coefficient (Wildman–Crippen LogP) is 4.84. The van der Waals surface area contributed by atoms with Gasteiger partial charge in [0.1, 0.15) is 5.88 Å². The van der Waals surface area contributed by atoms with Gasteiger partial charge >= 0.3 is 0 Å².